The minimum atomic E-state index is -0.0428. The van der Waals surface area contributed by atoms with Crippen LogP contribution in [0.3, 0.4) is 0 Å². The first-order chi connectivity index (χ1) is 12.7. The average molecular weight is 376 g/mol. The van der Waals surface area contributed by atoms with E-state index < -0.39 is 0 Å². The lowest BCUT2D eigenvalue weighted by molar-refractivity contribution is -0.127. The van der Waals surface area contributed by atoms with Gasteiger partial charge in [0.1, 0.15) is 0 Å². The van der Waals surface area contributed by atoms with Crippen molar-refractivity contribution in [2.24, 2.45) is 0 Å². The van der Waals surface area contributed by atoms with Crippen LogP contribution >= 0.6 is 11.8 Å². The molecule has 0 radical (unpaired) electrons. The summed E-state index contributed by atoms with van der Waals surface area (Å²) in [7, 11) is 0. The second kappa shape index (κ2) is 9.97. The average Bonchev–Trinajstić information content (AvgIpc) is 3.22. The number of thioether (sulfide) groups is 1. The lowest BCUT2D eigenvalue weighted by Gasteiger charge is -2.26. The molecule has 0 aliphatic carbocycles. The van der Waals surface area contributed by atoms with E-state index in [0.29, 0.717) is 17.9 Å². The zero-order valence-corrected chi connectivity index (χ0v) is 16.2. The maximum absolute atomic E-state index is 12.6. The van der Waals surface area contributed by atoms with Crippen LogP contribution in [0.25, 0.3) is 0 Å². The Hall–Kier alpha value is -1.53. The molecule has 2 aliphatic rings. The van der Waals surface area contributed by atoms with E-state index >= 15 is 0 Å². The Labute approximate surface area is 160 Å². The first kappa shape index (κ1) is 19.2. The van der Waals surface area contributed by atoms with E-state index in [0.717, 1.165) is 50.5 Å². The molecule has 5 nitrogen and oxygen atoms in total. The third-order valence-electron chi connectivity index (χ3n) is 5.10. The van der Waals surface area contributed by atoms with E-state index in [1.54, 1.807) is 0 Å². The molecule has 2 fully saturated rings. The van der Waals surface area contributed by atoms with E-state index in [4.69, 9.17) is 0 Å². The zero-order chi connectivity index (χ0) is 18.2. The molecular weight excluding hydrogens is 346 g/mol. The number of nitrogens with one attached hydrogen (secondary N) is 1. The molecule has 0 spiro atoms. The number of piperidine rings is 1. The van der Waals surface area contributed by atoms with Crippen LogP contribution in [0.2, 0.25) is 0 Å². The largest absolute Gasteiger partial charge is 0.351 e. The number of hydrogen-bond donors (Lipinski definition) is 1. The number of nitrogens with zero attached hydrogens (tertiary/aromatic N) is 2. The Morgan fingerprint density at radius 3 is 2.42 bits per heavy atom. The Morgan fingerprint density at radius 2 is 1.65 bits per heavy atom. The molecule has 1 N–H and O–H groups in total. The summed E-state index contributed by atoms with van der Waals surface area (Å²) in [5.74, 6) is 0.532. The predicted octanol–water partition coefficient (Wildman–Crippen LogP) is 2.62. The van der Waals surface area contributed by atoms with Gasteiger partial charge in [-0.25, -0.2) is 0 Å². The highest BCUT2D eigenvalue weighted by atomic mass is 32.2. The fourth-order valence-corrected chi connectivity index (χ4v) is 4.54. The van der Waals surface area contributed by atoms with Gasteiger partial charge in [-0.15, -0.1) is 11.8 Å². The molecule has 2 amide bonds. The molecular formula is C20H29N3O2S. The van der Waals surface area contributed by atoms with Crippen LogP contribution in [0, 0.1) is 0 Å². The zero-order valence-electron chi connectivity index (χ0n) is 15.4. The summed E-state index contributed by atoms with van der Waals surface area (Å²) in [5.41, 5.74) is 0.672. The number of likely N-dealkylation sites (tertiary alicyclic amines) is 2. The van der Waals surface area contributed by atoms with E-state index in [2.05, 4.69) is 10.2 Å². The first-order valence-electron chi connectivity index (χ1n) is 9.74. The summed E-state index contributed by atoms with van der Waals surface area (Å²) in [6, 6.07) is 7.58. The number of carbonyl (C=O) groups excluding carboxylic acids is 2. The van der Waals surface area contributed by atoms with Crippen molar-refractivity contribution in [2.75, 3.05) is 45.0 Å². The van der Waals surface area contributed by atoms with Gasteiger partial charge in [-0.05, 0) is 50.9 Å². The number of rotatable bonds is 7. The van der Waals surface area contributed by atoms with Crippen molar-refractivity contribution in [3.05, 3.63) is 29.8 Å². The Balaban J connectivity index is 1.48. The molecule has 1 aromatic rings. The van der Waals surface area contributed by atoms with Crippen molar-refractivity contribution in [1.29, 1.82) is 0 Å². The van der Waals surface area contributed by atoms with Gasteiger partial charge in [0, 0.05) is 31.1 Å². The van der Waals surface area contributed by atoms with Crippen LogP contribution in [-0.2, 0) is 4.79 Å². The van der Waals surface area contributed by atoms with E-state index in [1.807, 2.05) is 29.2 Å². The quantitative estimate of drug-likeness (QED) is 0.745. The highest BCUT2D eigenvalue weighted by molar-refractivity contribution is 8.00. The normalized spacial score (nSPS) is 18.1. The molecule has 0 aromatic heterocycles. The lowest BCUT2D eigenvalue weighted by Crippen LogP contribution is -2.37. The second-order valence-electron chi connectivity index (χ2n) is 7.03. The van der Waals surface area contributed by atoms with Crippen LogP contribution in [0.4, 0.5) is 0 Å². The van der Waals surface area contributed by atoms with Gasteiger partial charge in [-0.2, -0.15) is 0 Å². The van der Waals surface area contributed by atoms with Crippen LogP contribution in [-0.4, -0.2) is 66.6 Å². The first-order valence-corrected chi connectivity index (χ1v) is 10.7. The summed E-state index contributed by atoms with van der Waals surface area (Å²) >= 11 is 1.47. The van der Waals surface area contributed by atoms with Crippen molar-refractivity contribution in [3.63, 3.8) is 0 Å². The maximum Gasteiger partial charge on any atom is 0.252 e. The van der Waals surface area contributed by atoms with Crippen LogP contribution in [0.15, 0.2) is 29.2 Å². The third kappa shape index (κ3) is 5.48. The fourth-order valence-electron chi connectivity index (χ4n) is 3.58. The molecule has 0 saturated carbocycles. The molecule has 6 heteroatoms. The van der Waals surface area contributed by atoms with E-state index in [9.17, 15) is 9.59 Å². The third-order valence-corrected chi connectivity index (χ3v) is 6.16. The Kier molecular flexibility index (Phi) is 7.38. The number of amides is 2. The van der Waals surface area contributed by atoms with Crippen molar-refractivity contribution >= 4 is 23.6 Å². The number of carbonyl (C=O) groups is 2. The molecule has 26 heavy (non-hydrogen) atoms. The van der Waals surface area contributed by atoms with Crippen molar-refractivity contribution in [2.45, 2.75) is 37.0 Å². The van der Waals surface area contributed by atoms with Gasteiger partial charge in [-0.1, -0.05) is 18.6 Å². The van der Waals surface area contributed by atoms with Gasteiger partial charge in [0.05, 0.1) is 11.3 Å². The molecule has 142 valence electrons. The minimum Gasteiger partial charge on any atom is -0.351 e. The summed E-state index contributed by atoms with van der Waals surface area (Å²) in [6.07, 6.45) is 6.05. The molecule has 0 unspecified atom stereocenters. The molecule has 3 rings (SSSR count). The van der Waals surface area contributed by atoms with Crippen LogP contribution in [0.5, 0.6) is 0 Å². The van der Waals surface area contributed by atoms with Gasteiger partial charge in [-0.3, -0.25) is 9.59 Å². The van der Waals surface area contributed by atoms with Crippen LogP contribution in [0.1, 0.15) is 42.5 Å². The summed E-state index contributed by atoms with van der Waals surface area (Å²) in [4.78, 5) is 30.0. The maximum atomic E-state index is 12.6. The van der Waals surface area contributed by atoms with Crippen LogP contribution < -0.4 is 5.32 Å². The van der Waals surface area contributed by atoms with Gasteiger partial charge < -0.3 is 15.1 Å². The second-order valence-corrected chi connectivity index (χ2v) is 8.05. The lowest BCUT2D eigenvalue weighted by atomic mass is 10.1. The Morgan fingerprint density at radius 1 is 0.962 bits per heavy atom. The molecule has 2 heterocycles. The predicted molar refractivity (Wildman–Crippen MR) is 106 cm³/mol. The molecule has 0 atom stereocenters. The topological polar surface area (TPSA) is 52.7 Å². The van der Waals surface area contributed by atoms with Crippen molar-refractivity contribution in [1.82, 2.24) is 15.1 Å². The standard InChI is InChI=1S/C20H29N3O2S/c24-19(23-13-6-7-14-23)16-26-18-9-3-2-8-17(18)20(25)21-10-15-22-11-4-1-5-12-22/h2-3,8-9H,1,4-7,10-16H2,(H,21,25). The fraction of sp³-hybridized carbons (Fsp3) is 0.600. The summed E-state index contributed by atoms with van der Waals surface area (Å²) in [6.45, 7) is 5.61. The highest BCUT2D eigenvalue weighted by Crippen LogP contribution is 2.23. The number of benzene rings is 1. The van der Waals surface area contributed by atoms with Gasteiger partial charge in [0.15, 0.2) is 0 Å². The SMILES string of the molecule is O=C(NCCN1CCCCC1)c1ccccc1SCC(=O)N1CCCC1. The van der Waals surface area contributed by atoms with Gasteiger partial charge in [0.25, 0.3) is 5.91 Å². The Bertz CT molecular complexity index is 611. The monoisotopic (exact) mass is 375 g/mol. The van der Waals surface area contributed by atoms with E-state index in [1.165, 1.54) is 31.0 Å². The minimum absolute atomic E-state index is 0.0428. The highest BCUT2D eigenvalue weighted by Gasteiger charge is 2.19. The summed E-state index contributed by atoms with van der Waals surface area (Å²) in [5, 5.41) is 3.04. The molecule has 1 aromatic carbocycles. The van der Waals surface area contributed by atoms with Gasteiger partial charge >= 0.3 is 0 Å². The van der Waals surface area contributed by atoms with Crippen molar-refractivity contribution < 1.29 is 9.59 Å². The number of hydrogen-bond acceptors (Lipinski definition) is 4. The summed E-state index contributed by atoms with van der Waals surface area (Å²) < 4.78 is 0. The molecule has 2 saturated heterocycles. The molecule has 0 bridgehead atoms. The molecule has 2 aliphatic heterocycles. The smallest absolute Gasteiger partial charge is 0.252 e. The van der Waals surface area contributed by atoms with E-state index in [-0.39, 0.29) is 11.8 Å². The van der Waals surface area contributed by atoms with Gasteiger partial charge in [0.2, 0.25) is 5.91 Å². The van der Waals surface area contributed by atoms with Crippen molar-refractivity contribution in [3.8, 4) is 0 Å².